The van der Waals surface area contributed by atoms with Gasteiger partial charge in [0.1, 0.15) is 6.07 Å². The SMILES string of the molecule is N#Cc1nc(-c2ccc(Cl)cc2)nc2ccccc12. The quantitative estimate of drug-likeness (QED) is 0.672. The minimum atomic E-state index is 0.385. The van der Waals surface area contributed by atoms with Gasteiger partial charge in [-0.15, -0.1) is 0 Å². The highest BCUT2D eigenvalue weighted by atomic mass is 35.5. The monoisotopic (exact) mass is 265 g/mol. The van der Waals surface area contributed by atoms with Gasteiger partial charge < -0.3 is 0 Å². The normalized spacial score (nSPS) is 10.3. The third-order valence-electron chi connectivity index (χ3n) is 2.81. The van der Waals surface area contributed by atoms with Crippen LogP contribution < -0.4 is 0 Å². The molecule has 90 valence electrons. The van der Waals surface area contributed by atoms with E-state index < -0.39 is 0 Å². The molecule has 4 heteroatoms. The summed E-state index contributed by atoms with van der Waals surface area (Å²) in [5.41, 5.74) is 1.99. The Balaban J connectivity index is 2.25. The fourth-order valence-corrected chi connectivity index (χ4v) is 2.02. The first-order chi connectivity index (χ1) is 9.28. The molecule has 1 heterocycles. The molecule has 0 bridgehead atoms. The fourth-order valence-electron chi connectivity index (χ4n) is 1.89. The third-order valence-corrected chi connectivity index (χ3v) is 3.06. The van der Waals surface area contributed by atoms with Crippen LogP contribution in [0.1, 0.15) is 5.69 Å². The van der Waals surface area contributed by atoms with Gasteiger partial charge >= 0.3 is 0 Å². The molecule has 0 saturated heterocycles. The lowest BCUT2D eigenvalue weighted by molar-refractivity contribution is 1.20. The molecule has 0 amide bonds. The van der Waals surface area contributed by atoms with Crippen LogP contribution in [0.25, 0.3) is 22.3 Å². The molecule has 1 aromatic heterocycles. The second-order valence-corrected chi connectivity index (χ2v) is 4.47. The smallest absolute Gasteiger partial charge is 0.161 e. The molecule has 0 unspecified atom stereocenters. The minimum absolute atomic E-state index is 0.385. The number of nitriles is 1. The van der Waals surface area contributed by atoms with E-state index in [0.29, 0.717) is 16.5 Å². The van der Waals surface area contributed by atoms with Crippen molar-refractivity contribution in [2.45, 2.75) is 0 Å². The van der Waals surface area contributed by atoms with E-state index in [9.17, 15) is 5.26 Å². The van der Waals surface area contributed by atoms with Gasteiger partial charge in [-0.1, -0.05) is 23.7 Å². The van der Waals surface area contributed by atoms with Gasteiger partial charge in [0.15, 0.2) is 11.5 Å². The van der Waals surface area contributed by atoms with Crippen molar-refractivity contribution in [3.8, 4) is 17.5 Å². The zero-order chi connectivity index (χ0) is 13.2. The zero-order valence-electron chi connectivity index (χ0n) is 9.84. The van der Waals surface area contributed by atoms with Gasteiger partial charge in [0, 0.05) is 16.0 Å². The topological polar surface area (TPSA) is 49.6 Å². The molecule has 3 aromatic rings. The summed E-state index contributed by atoms with van der Waals surface area (Å²) in [6, 6.07) is 16.8. The summed E-state index contributed by atoms with van der Waals surface area (Å²) in [4.78, 5) is 8.78. The molecule has 0 radical (unpaired) electrons. The zero-order valence-corrected chi connectivity index (χ0v) is 10.6. The van der Waals surface area contributed by atoms with Crippen LogP contribution in [0, 0.1) is 11.3 Å². The predicted octanol–water partition coefficient (Wildman–Crippen LogP) is 3.82. The molecule has 3 rings (SSSR count). The molecular formula is C15H8ClN3. The number of para-hydroxylation sites is 1. The maximum Gasteiger partial charge on any atom is 0.161 e. The van der Waals surface area contributed by atoms with E-state index in [1.54, 1.807) is 12.1 Å². The van der Waals surface area contributed by atoms with Gasteiger partial charge in [-0.25, -0.2) is 9.97 Å². The van der Waals surface area contributed by atoms with E-state index in [-0.39, 0.29) is 0 Å². The Kier molecular flexibility index (Phi) is 2.86. The Morgan fingerprint density at radius 2 is 1.68 bits per heavy atom. The van der Waals surface area contributed by atoms with Crippen molar-refractivity contribution >= 4 is 22.5 Å². The molecule has 3 nitrogen and oxygen atoms in total. The van der Waals surface area contributed by atoms with E-state index in [2.05, 4.69) is 16.0 Å². The summed E-state index contributed by atoms with van der Waals surface area (Å²) in [5, 5.41) is 10.6. The first-order valence-corrected chi connectivity index (χ1v) is 6.08. The highest BCUT2D eigenvalue weighted by Gasteiger charge is 2.08. The van der Waals surface area contributed by atoms with Crippen molar-refractivity contribution < 1.29 is 0 Å². The van der Waals surface area contributed by atoms with Crippen molar-refractivity contribution in [1.29, 1.82) is 5.26 Å². The van der Waals surface area contributed by atoms with Crippen molar-refractivity contribution in [2.24, 2.45) is 0 Å². The number of halogens is 1. The average Bonchev–Trinajstić information content (AvgIpc) is 2.47. The lowest BCUT2D eigenvalue weighted by Gasteiger charge is -2.04. The summed E-state index contributed by atoms with van der Waals surface area (Å²) in [6.45, 7) is 0. The summed E-state index contributed by atoms with van der Waals surface area (Å²) in [5.74, 6) is 0.534. The van der Waals surface area contributed by atoms with Gasteiger partial charge in [0.05, 0.1) is 5.52 Å². The fraction of sp³-hybridized carbons (Fsp3) is 0. The van der Waals surface area contributed by atoms with Crippen LogP contribution in [-0.4, -0.2) is 9.97 Å². The number of nitrogens with zero attached hydrogens (tertiary/aromatic N) is 3. The summed E-state index contributed by atoms with van der Waals surface area (Å²) >= 11 is 5.86. The molecule has 0 aliphatic carbocycles. The Morgan fingerprint density at radius 1 is 0.947 bits per heavy atom. The maximum atomic E-state index is 9.19. The third kappa shape index (κ3) is 2.14. The molecule has 0 spiro atoms. The van der Waals surface area contributed by atoms with Gasteiger partial charge in [-0.3, -0.25) is 0 Å². The molecule has 0 atom stereocenters. The van der Waals surface area contributed by atoms with Crippen LogP contribution in [0.15, 0.2) is 48.5 Å². The lowest BCUT2D eigenvalue weighted by Crippen LogP contribution is -1.94. The van der Waals surface area contributed by atoms with Gasteiger partial charge in [0.2, 0.25) is 0 Å². The van der Waals surface area contributed by atoms with Gasteiger partial charge in [-0.2, -0.15) is 5.26 Å². The molecular weight excluding hydrogens is 258 g/mol. The first-order valence-electron chi connectivity index (χ1n) is 5.71. The van der Waals surface area contributed by atoms with Crippen LogP contribution in [0.2, 0.25) is 5.02 Å². The molecule has 0 fully saturated rings. The van der Waals surface area contributed by atoms with Crippen LogP contribution in [-0.2, 0) is 0 Å². The minimum Gasteiger partial charge on any atom is -0.228 e. The van der Waals surface area contributed by atoms with Crippen LogP contribution in [0.5, 0.6) is 0 Å². The maximum absolute atomic E-state index is 9.19. The lowest BCUT2D eigenvalue weighted by atomic mass is 10.1. The highest BCUT2D eigenvalue weighted by Crippen LogP contribution is 2.22. The van der Waals surface area contributed by atoms with Crippen LogP contribution in [0.4, 0.5) is 0 Å². The number of aromatic nitrogens is 2. The van der Waals surface area contributed by atoms with Gasteiger partial charge in [-0.05, 0) is 36.4 Å². The van der Waals surface area contributed by atoms with Crippen LogP contribution >= 0.6 is 11.6 Å². The van der Waals surface area contributed by atoms with Crippen molar-refractivity contribution in [3.05, 3.63) is 59.2 Å². The Bertz CT molecular complexity index is 789. The molecule has 0 saturated carbocycles. The number of fused-ring (bicyclic) bond motifs is 1. The van der Waals surface area contributed by atoms with E-state index in [1.807, 2.05) is 36.4 Å². The number of hydrogen-bond acceptors (Lipinski definition) is 3. The van der Waals surface area contributed by atoms with Gasteiger partial charge in [0.25, 0.3) is 0 Å². The molecule has 2 aromatic carbocycles. The summed E-state index contributed by atoms with van der Waals surface area (Å²) in [6.07, 6.45) is 0. The van der Waals surface area contributed by atoms with Crippen molar-refractivity contribution in [3.63, 3.8) is 0 Å². The summed E-state index contributed by atoms with van der Waals surface area (Å²) < 4.78 is 0. The molecule has 19 heavy (non-hydrogen) atoms. The Morgan fingerprint density at radius 3 is 2.42 bits per heavy atom. The molecule has 0 aliphatic heterocycles. The highest BCUT2D eigenvalue weighted by molar-refractivity contribution is 6.30. The van der Waals surface area contributed by atoms with E-state index in [1.165, 1.54) is 0 Å². The first kappa shape index (κ1) is 11.6. The summed E-state index contributed by atoms with van der Waals surface area (Å²) in [7, 11) is 0. The number of hydrogen-bond donors (Lipinski definition) is 0. The largest absolute Gasteiger partial charge is 0.228 e. The van der Waals surface area contributed by atoms with Crippen LogP contribution in [0.3, 0.4) is 0 Å². The van der Waals surface area contributed by atoms with E-state index in [0.717, 1.165) is 16.5 Å². The second kappa shape index (κ2) is 4.68. The Hall–Kier alpha value is -2.44. The van der Waals surface area contributed by atoms with Crippen molar-refractivity contribution in [2.75, 3.05) is 0 Å². The van der Waals surface area contributed by atoms with E-state index in [4.69, 9.17) is 11.6 Å². The number of rotatable bonds is 1. The average molecular weight is 266 g/mol. The Labute approximate surface area is 115 Å². The second-order valence-electron chi connectivity index (χ2n) is 4.03. The number of benzene rings is 2. The standard InChI is InChI=1S/C15H8ClN3/c16-11-7-5-10(6-8-11)15-18-13-4-2-1-3-12(13)14(9-17)19-15/h1-8H. The molecule has 0 N–H and O–H groups in total. The van der Waals surface area contributed by atoms with E-state index >= 15 is 0 Å². The van der Waals surface area contributed by atoms with Crippen molar-refractivity contribution in [1.82, 2.24) is 9.97 Å². The molecule has 0 aliphatic rings. The predicted molar refractivity (Wildman–Crippen MR) is 74.7 cm³/mol.